The first-order chi connectivity index (χ1) is 10.8. The van der Waals surface area contributed by atoms with Crippen LogP contribution in [0.3, 0.4) is 0 Å². The van der Waals surface area contributed by atoms with Crippen LogP contribution in [0.25, 0.3) is 0 Å². The number of carboxylic acid groups (broad SMARTS) is 1. The predicted octanol–water partition coefficient (Wildman–Crippen LogP) is 0.446. The summed E-state index contributed by atoms with van der Waals surface area (Å²) in [6, 6.07) is 3.86. The highest BCUT2D eigenvalue weighted by Crippen LogP contribution is 2.30. The van der Waals surface area contributed by atoms with Gasteiger partial charge in [0.25, 0.3) is 21.8 Å². The summed E-state index contributed by atoms with van der Waals surface area (Å²) in [6.45, 7) is 1.74. The lowest BCUT2D eigenvalue weighted by Gasteiger charge is -2.11. The van der Waals surface area contributed by atoms with Crippen molar-refractivity contribution in [3.8, 4) is 0 Å². The summed E-state index contributed by atoms with van der Waals surface area (Å²) in [7, 11) is -3.91. The van der Waals surface area contributed by atoms with Crippen molar-refractivity contribution in [3.63, 3.8) is 0 Å². The highest BCUT2D eigenvalue weighted by molar-refractivity contribution is 7.90. The number of hydrogen-bond donors (Lipinski definition) is 2. The minimum absolute atomic E-state index is 0.0204. The van der Waals surface area contributed by atoms with E-state index in [0.717, 1.165) is 4.31 Å². The smallest absolute Gasteiger partial charge is 0.303 e. The Morgan fingerprint density at radius 1 is 1.30 bits per heavy atom. The molecule has 2 N–H and O–H groups in total. The maximum Gasteiger partial charge on any atom is 0.303 e. The van der Waals surface area contributed by atoms with Gasteiger partial charge in [-0.15, -0.1) is 0 Å². The zero-order valence-electron chi connectivity index (χ0n) is 12.4. The van der Waals surface area contributed by atoms with E-state index in [2.05, 4.69) is 5.32 Å². The first-order valence-electron chi connectivity index (χ1n) is 7.00. The van der Waals surface area contributed by atoms with E-state index in [1.807, 2.05) is 0 Å². The molecule has 2 amide bonds. The van der Waals surface area contributed by atoms with Crippen molar-refractivity contribution in [1.82, 2.24) is 9.62 Å². The number of carbonyl (C=O) groups excluding carboxylic acids is 2. The molecule has 1 aromatic rings. The molecule has 0 saturated carbocycles. The van der Waals surface area contributed by atoms with Crippen LogP contribution in [0.1, 0.15) is 40.5 Å². The molecule has 0 bridgehead atoms. The third-order valence-electron chi connectivity index (χ3n) is 3.41. The van der Waals surface area contributed by atoms with Gasteiger partial charge in [0.05, 0.1) is 5.56 Å². The molecular formula is C14H16N2O6S. The summed E-state index contributed by atoms with van der Waals surface area (Å²) in [4.78, 5) is 34.2. The normalized spacial score (nSPS) is 15.3. The summed E-state index contributed by atoms with van der Waals surface area (Å²) in [6.07, 6.45) is 0.200. The van der Waals surface area contributed by atoms with Gasteiger partial charge in [-0.25, -0.2) is 12.7 Å². The van der Waals surface area contributed by atoms with Crippen molar-refractivity contribution in [2.75, 3.05) is 13.1 Å². The van der Waals surface area contributed by atoms with Crippen LogP contribution in [0, 0.1) is 0 Å². The van der Waals surface area contributed by atoms with Gasteiger partial charge in [-0.3, -0.25) is 14.4 Å². The van der Waals surface area contributed by atoms with Crippen LogP contribution in [0.2, 0.25) is 0 Å². The highest BCUT2D eigenvalue weighted by atomic mass is 32.2. The highest BCUT2D eigenvalue weighted by Gasteiger charge is 2.40. The van der Waals surface area contributed by atoms with Gasteiger partial charge in [0, 0.05) is 25.1 Å². The van der Waals surface area contributed by atoms with E-state index in [9.17, 15) is 22.8 Å². The van der Waals surface area contributed by atoms with Crippen LogP contribution in [0.4, 0.5) is 0 Å². The molecule has 0 saturated heterocycles. The molecule has 0 spiro atoms. The van der Waals surface area contributed by atoms with Gasteiger partial charge in [-0.1, -0.05) is 0 Å². The number of sulfonamides is 1. The Morgan fingerprint density at radius 2 is 2.00 bits per heavy atom. The van der Waals surface area contributed by atoms with Gasteiger partial charge in [0.2, 0.25) is 0 Å². The van der Waals surface area contributed by atoms with Gasteiger partial charge >= 0.3 is 5.97 Å². The largest absolute Gasteiger partial charge is 0.481 e. The van der Waals surface area contributed by atoms with E-state index in [0.29, 0.717) is 0 Å². The molecule has 2 rings (SSSR count). The first kappa shape index (κ1) is 16.9. The Labute approximate surface area is 133 Å². The monoisotopic (exact) mass is 340 g/mol. The predicted molar refractivity (Wildman–Crippen MR) is 79.5 cm³/mol. The Morgan fingerprint density at radius 3 is 2.61 bits per heavy atom. The molecule has 1 aliphatic rings. The number of amides is 2. The van der Waals surface area contributed by atoms with E-state index >= 15 is 0 Å². The van der Waals surface area contributed by atoms with Crippen molar-refractivity contribution < 1.29 is 27.9 Å². The van der Waals surface area contributed by atoms with E-state index in [1.165, 1.54) is 18.2 Å². The molecule has 8 nitrogen and oxygen atoms in total. The Balaban J connectivity index is 2.18. The average Bonchev–Trinajstić information content (AvgIpc) is 2.69. The van der Waals surface area contributed by atoms with Crippen molar-refractivity contribution in [2.45, 2.75) is 24.7 Å². The summed E-state index contributed by atoms with van der Waals surface area (Å²) in [5.41, 5.74) is 0.155. The number of benzene rings is 1. The second kappa shape index (κ2) is 6.37. The molecule has 0 atom stereocenters. The fourth-order valence-electron chi connectivity index (χ4n) is 2.27. The summed E-state index contributed by atoms with van der Waals surface area (Å²) < 4.78 is 25.2. The van der Waals surface area contributed by atoms with Gasteiger partial charge in [-0.2, -0.15) is 0 Å². The minimum Gasteiger partial charge on any atom is -0.481 e. The van der Waals surface area contributed by atoms with Crippen LogP contribution in [-0.4, -0.2) is 48.7 Å². The van der Waals surface area contributed by atoms with Crippen LogP contribution in [0.15, 0.2) is 23.1 Å². The quantitative estimate of drug-likeness (QED) is 0.725. The third-order valence-corrected chi connectivity index (χ3v) is 5.31. The maximum atomic E-state index is 12.2. The molecule has 0 aliphatic carbocycles. The van der Waals surface area contributed by atoms with Crippen molar-refractivity contribution in [1.29, 1.82) is 0 Å². The zero-order valence-corrected chi connectivity index (χ0v) is 13.2. The van der Waals surface area contributed by atoms with Crippen LogP contribution in [0.5, 0.6) is 0 Å². The van der Waals surface area contributed by atoms with Gasteiger partial charge < -0.3 is 10.4 Å². The van der Waals surface area contributed by atoms with Crippen molar-refractivity contribution >= 4 is 27.8 Å². The van der Waals surface area contributed by atoms with Crippen LogP contribution < -0.4 is 5.32 Å². The minimum atomic E-state index is -3.91. The first-order valence-corrected chi connectivity index (χ1v) is 8.44. The molecule has 0 aromatic heterocycles. The molecule has 9 heteroatoms. The number of nitrogens with one attached hydrogen (secondary N) is 1. The Kier molecular flexibility index (Phi) is 4.69. The fourth-order valence-corrected chi connectivity index (χ4v) is 3.88. The van der Waals surface area contributed by atoms with E-state index < -0.39 is 27.8 Å². The van der Waals surface area contributed by atoms with E-state index in [1.54, 1.807) is 6.92 Å². The molecule has 124 valence electrons. The number of nitrogens with zero attached hydrogens (tertiary/aromatic N) is 1. The fraction of sp³-hybridized carbons (Fsp3) is 0.357. The van der Waals surface area contributed by atoms with Crippen LogP contribution in [-0.2, 0) is 14.8 Å². The summed E-state index contributed by atoms with van der Waals surface area (Å²) >= 11 is 0. The molecule has 1 heterocycles. The standard InChI is InChI=1S/C14H16N2O6S/c1-2-16-14(20)10-6-5-9(8-11(10)23(16,21)22)13(19)15-7-3-4-12(17)18/h5-6,8H,2-4,7H2,1H3,(H,15,19)(H,17,18). The van der Waals surface area contributed by atoms with E-state index in [-0.39, 0.29) is 42.0 Å². The number of rotatable bonds is 6. The topological polar surface area (TPSA) is 121 Å². The molecule has 1 aliphatic heterocycles. The Bertz CT molecular complexity index is 771. The van der Waals surface area contributed by atoms with Gasteiger partial charge in [0.1, 0.15) is 4.90 Å². The lowest BCUT2D eigenvalue weighted by Crippen LogP contribution is -2.29. The number of hydrogen-bond acceptors (Lipinski definition) is 5. The molecular weight excluding hydrogens is 324 g/mol. The number of fused-ring (bicyclic) bond motifs is 1. The van der Waals surface area contributed by atoms with E-state index in [4.69, 9.17) is 5.11 Å². The average molecular weight is 340 g/mol. The second-order valence-corrected chi connectivity index (χ2v) is 6.77. The number of carbonyl (C=O) groups is 3. The van der Waals surface area contributed by atoms with Crippen LogP contribution >= 0.6 is 0 Å². The lowest BCUT2D eigenvalue weighted by molar-refractivity contribution is -0.137. The molecule has 0 unspecified atom stereocenters. The Hall–Kier alpha value is -2.42. The summed E-state index contributed by atoms with van der Waals surface area (Å²) in [5.74, 6) is -2.08. The molecule has 23 heavy (non-hydrogen) atoms. The van der Waals surface area contributed by atoms with Crippen molar-refractivity contribution in [3.05, 3.63) is 29.3 Å². The third kappa shape index (κ3) is 3.19. The maximum absolute atomic E-state index is 12.2. The molecule has 0 radical (unpaired) electrons. The SMILES string of the molecule is CCN1C(=O)c2ccc(C(=O)NCCCC(=O)O)cc2S1(=O)=O. The molecule has 0 fully saturated rings. The van der Waals surface area contributed by atoms with Gasteiger partial charge in [-0.05, 0) is 31.5 Å². The van der Waals surface area contributed by atoms with Crippen molar-refractivity contribution in [2.24, 2.45) is 0 Å². The lowest BCUT2D eigenvalue weighted by atomic mass is 10.1. The zero-order chi connectivity index (χ0) is 17.2. The number of aliphatic carboxylic acids is 1. The summed E-state index contributed by atoms with van der Waals surface area (Å²) in [5, 5.41) is 11.0. The number of carboxylic acids is 1. The second-order valence-electron chi connectivity index (χ2n) is 4.94. The molecule has 1 aromatic carbocycles. The van der Waals surface area contributed by atoms with Gasteiger partial charge in [0.15, 0.2) is 0 Å².